The SMILES string of the molecule is CCCC/C=C\CCCCCCCC(=O)OC(CO)COC(=O)CCCCCCCCCCCCCCCCCCCCCCCC. The smallest absolute Gasteiger partial charge is 0.306 e. The van der Waals surface area contributed by atoms with E-state index in [1.807, 2.05) is 0 Å². The van der Waals surface area contributed by atoms with Crippen molar-refractivity contribution in [2.24, 2.45) is 0 Å². The molecule has 278 valence electrons. The predicted molar refractivity (Wildman–Crippen MR) is 201 cm³/mol. The van der Waals surface area contributed by atoms with Crippen LogP contribution >= 0.6 is 0 Å². The number of rotatable bonds is 38. The van der Waals surface area contributed by atoms with E-state index in [1.54, 1.807) is 0 Å². The molecule has 1 atom stereocenters. The Morgan fingerprint density at radius 1 is 0.468 bits per heavy atom. The van der Waals surface area contributed by atoms with Gasteiger partial charge in [-0.3, -0.25) is 9.59 Å². The fourth-order valence-electron chi connectivity index (χ4n) is 6.12. The van der Waals surface area contributed by atoms with E-state index < -0.39 is 6.10 Å². The van der Waals surface area contributed by atoms with Gasteiger partial charge in [0, 0.05) is 12.8 Å². The molecule has 1 unspecified atom stereocenters. The summed E-state index contributed by atoms with van der Waals surface area (Å²) in [6, 6.07) is 0. The average Bonchev–Trinajstić information content (AvgIpc) is 3.07. The first-order valence-corrected chi connectivity index (χ1v) is 20.7. The molecule has 0 bridgehead atoms. The van der Waals surface area contributed by atoms with E-state index in [0.29, 0.717) is 12.8 Å². The van der Waals surface area contributed by atoms with Gasteiger partial charge in [-0.25, -0.2) is 0 Å². The van der Waals surface area contributed by atoms with Crippen LogP contribution in [0.2, 0.25) is 0 Å². The summed E-state index contributed by atoms with van der Waals surface area (Å²) >= 11 is 0. The van der Waals surface area contributed by atoms with E-state index in [-0.39, 0.29) is 25.2 Å². The Labute approximate surface area is 292 Å². The van der Waals surface area contributed by atoms with Crippen molar-refractivity contribution in [3.63, 3.8) is 0 Å². The van der Waals surface area contributed by atoms with Crippen molar-refractivity contribution in [1.29, 1.82) is 0 Å². The van der Waals surface area contributed by atoms with Crippen molar-refractivity contribution in [3.8, 4) is 0 Å². The van der Waals surface area contributed by atoms with Crippen LogP contribution in [0.5, 0.6) is 0 Å². The lowest BCUT2D eigenvalue weighted by Gasteiger charge is -2.15. The van der Waals surface area contributed by atoms with Gasteiger partial charge in [0.05, 0.1) is 6.61 Å². The highest BCUT2D eigenvalue weighted by atomic mass is 16.6. The number of unbranched alkanes of at least 4 members (excludes halogenated alkanes) is 28. The molecule has 5 nitrogen and oxygen atoms in total. The molecule has 0 heterocycles. The van der Waals surface area contributed by atoms with Crippen LogP contribution in [0.1, 0.15) is 226 Å². The summed E-state index contributed by atoms with van der Waals surface area (Å²) < 4.78 is 10.6. The molecule has 0 aliphatic carbocycles. The number of ether oxygens (including phenoxy) is 2. The molecule has 0 aliphatic heterocycles. The van der Waals surface area contributed by atoms with Crippen LogP contribution in [0.15, 0.2) is 12.2 Å². The molecule has 0 fully saturated rings. The Bertz CT molecular complexity index is 676. The first-order valence-electron chi connectivity index (χ1n) is 20.7. The van der Waals surface area contributed by atoms with E-state index in [1.165, 1.54) is 161 Å². The molecule has 0 saturated heterocycles. The highest BCUT2D eigenvalue weighted by Crippen LogP contribution is 2.16. The number of esters is 2. The van der Waals surface area contributed by atoms with Gasteiger partial charge in [-0.05, 0) is 32.1 Å². The summed E-state index contributed by atoms with van der Waals surface area (Å²) in [5.41, 5.74) is 0. The number of aliphatic hydroxyl groups excluding tert-OH is 1. The highest BCUT2D eigenvalue weighted by molar-refractivity contribution is 5.70. The Kier molecular flexibility index (Phi) is 38.0. The molecule has 1 N–H and O–H groups in total. The van der Waals surface area contributed by atoms with E-state index in [4.69, 9.17) is 9.47 Å². The number of allylic oxidation sites excluding steroid dienone is 2. The molecule has 0 saturated carbocycles. The zero-order valence-electron chi connectivity index (χ0n) is 31.6. The molecular formula is C42H80O5. The van der Waals surface area contributed by atoms with Crippen LogP contribution in [0.4, 0.5) is 0 Å². The monoisotopic (exact) mass is 665 g/mol. The molecule has 0 aromatic heterocycles. The van der Waals surface area contributed by atoms with Gasteiger partial charge in [0.1, 0.15) is 6.61 Å². The van der Waals surface area contributed by atoms with Crippen molar-refractivity contribution < 1.29 is 24.2 Å². The Hall–Kier alpha value is -1.36. The number of aliphatic hydroxyl groups is 1. The van der Waals surface area contributed by atoms with E-state index in [9.17, 15) is 14.7 Å². The predicted octanol–water partition coefficient (Wildman–Crippen LogP) is 12.9. The largest absolute Gasteiger partial charge is 0.462 e. The summed E-state index contributed by atoms with van der Waals surface area (Å²) in [5, 5.41) is 9.54. The second-order valence-corrected chi connectivity index (χ2v) is 14.1. The van der Waals surface area contributed by atoms with Crippen LogP contribution in [0.25, 0.3) is 0 Å². The minimum absolute atomic E-state index is 0.0633. The van der Waals surface area contributed by atoms with Crippen molar-refractivity contribution in [2.75, 3.05) is 13.2 Å². The molecule has 0 amide bonds. The van der Waals surface area contributed by atoms with Crippen molar-refractivity contribution in [3.05, 3.63) is 12.2 Å². The molecule has 0 spiro atoms. The topological polar surface area (TPSA) is 72.8 Å². The second-order valence-electron chi connectivity index (χ2n) is 14.1. The maximum Gasteiger partial charge on any atom is 0.306 e. The van der Waals surface area contributed by atoms with Gasteiger partial charge in [0.15, 0.2) is 6.10 Å². The molecule has 47 heavy (non-hydrogen) atoms. The van der Waals surface area contributed by atoms with Crippen LogP contribution in [-0.2, 0) is 19.1 Å². The zero-order valence-corrected chi connectivity index (χ0v) is 31.6. The Morgan fingerprint density at radius 2 is 0.809 bits per heavy atom. The van der Waals surface area contributed by atoms with Crippen molar-refractivity contribution in [1.82, 2.24) is 0 Å². The van der Waals surface area contributed by atoms with Crippen LogP contribution in [0.3, 0.4) is 0 Å². The lowest BCUT2D eigenvalue weighted by molar-refractivity contribution is -0.161. The summed E-state index contributed by atoms with van der Waals surface area (Å²) in [6.07, 6.45) is 44.3. The molecule has 5 heteroatoms. The third-order valence-electron chi connectivity index (χ3n) is 9.31. The van der Waals surface area contributed by atoms with Gasteiger partial charge >= 0.3 is 11.9 Å². The quantitative estimate of drug-likeness (QED) is 0.0404. The molecule has 0 aromatic carbocycles. The highest BCUT2D eigenvalue weighted by Gasteiger charge is 2.16. The normalized spacial score (nSPS) is 12.1. The zero-order chi connectivity index (χ0) is 34.3. The summed E-state index contributed by atoms with van der Waals surface area (Å²) in [6.45, 7) is 4.11. The fraction of sp³-hybridized carbons (Fsp3) is 0.905. The Balaban J connectivity index is 3.45. The van der Waals surface area contributed by atoms with E-state index in [0.717, 1.165) is 38.5 Å². The number of carbonyl (C=O) groups is 2. The summed E-state index contributed by atoms with van der Waals surface area (Å²) in [7, 11) is 0. The maximum atomic E-state index is 12.1. The molecule has 0 aromatic rings. The minimum atomic E-state index is -0.768. The average molecular weight is 665 g/mol. The van der Waals surface area contributed by atoms with E-state index in [2.05, 4.69) is 26.0 Å². The van der Waals surface area contributed by atoms with Crippen LogP contribution in [0, 0.1) is 0 Å². The lowest BCUT2D eigenvalue weighted by Crippen LogP contribution is -2.28. The summed E-state index contributed by atoms with van der Waals surface area (Å²) in [4.78, 5) is 24.2. The maximum absolute atomic E-state index is 12.1. The van der Waals surface area contributed by atoms with Crippen molar-refractivity contribution >= 4 is 11.9 Å². The van der Waals surface area contributed by atoms with Gasteiger partial charge in [0.25, 0.3) is 0 Å². The standard InChI is InChI=1S/C42H80O5/c1-3-5-7-9-11-13-15-16-17-18-19-20-21-22-23-24-25-27-28-30-32-34-36-41(44)46-39-40(38-43)47-42(45)37-35-33-31-29-26-14-12-10-8-6-4-2/h10,12,40,43H,3-9,11,13-39H2,1-2H3/b12-10-. The molecule has 0 rings (SSSR count). The van der Waals surface area contributed by atoms with Crippen LogP contribution in [-0.4, -0.2) is 36.4 Å². The first kappa shape index (κ1) is 45.6. The van der Waals surface area contributed by atoms with Gasteiger partial charge < -0.3 is 14.6 Å². The van der Waals surface area contributed by atoms with Crippen molar-refractivity contribution in [2.45, 2.75) is 232 Å². The molecule has 0 aliphatic rings. The van der Waals surface area contributed by atoms with Gasteiger partial charge in [0.2, 0.25) is 0 Å². The Morgan fingerprint density at radius 3 is 1.21 bits per heavy atom. The fourth-order valence-corrected chi connectivity index (χ4v) is 6.12. The third kappa shape index (κ3) is 37.3. The number of carbonyl (C=O) groups excluding carboxylic acids is 2. The van der Waals surface area contributed by atoms with Gasteiger partial charge in [-0.15, -0.1) is 0 Å². The molecular weight excluding hydrogens is 584 g/mol. The van der Waals surface area contributed by atoms with Gasteiger partial charge in [-0.2, -0.15) is 0 Å². The van der Waals surface area contributed by atoms with E-state index >= 15 is 0 Å². The lowest BCUT2D eigenvalue weighted by atomic mass is 10.0. The number of hydrogen-bond acceptors (Lipinski definition) is 5. The summed E-state index contributed by atoms with van der Waals surface area (Å²) in [5.74, 6) is -0.591. The van der Waals surface area contributed by atoms with Gasteiger partial charge in [-0.1, -0.05) is 193 Å². The third-order valence-corrected chi connectivity index (χ3v) is 9.31. The first-order chi connectivity index (χ1) is 23.1. The number of hydrogen-bond donors (Lipinski definition) is 1. The van der Waals surface area contributed by atoms with Crippen LogP contribution < -0.4 is 0 Å². The minimum Gasteiger partial charge on any atom is -0.462 e. The second kappa shape index (κ2) is 39.1. The molecule has 0 radical (unpaired) electrons.